The van der Waals surface area contributed by atoms with E-state index in [1.54, 1.807) is 4.90 Å². The van der Waals surface area contributed by atoms with Gasteiger partial charge in [0.1, 0.15) is 12.1 Å². The Labute approximate surface area is 331 Å². The molecule has 2 saturated heterocycles. The van der Waals surface area contributed by atoms with Crippen LogP contribution in [0.15, 0.2) is 12.3 Å². The maximum absolute atomic E-state index is 14.2. The number of nitrogens with one attached hydrogen (secondary N) is 4. The lowest BCUT2D eigenvalue weighted by Crippen LogP contribution is -2.56. The molecule has 0 radical (unpaired) electrons. The highest BCUT2D eigenvalue weighted by molar-refractivity contribution is 6.38. The molecule has 4 amide bonds. The van der Waals surface area contributed by atoms with Crippen LogP contribution in [0, 0.1) is 27.6 Å². The van der Waals surface area contributed by atoms with Crippen LogP contribution in [0.25, 0.3) is 0 Å². The summed E-state index contributed by atoms with van der Waals surface area (Å²) in [6.45, 7) is 20.8. The third kappa shape index (κ3) is 9.44. The van der Waals surface area contributed by atoms with Gasteiger partial charge in [-0.1, -0.05) is 93.6 Å². The fourth-order valence-electron chi connectivity index (χ4n) is 10.6. The number of hydrogen-bond donors (Lipinski definition) is 4. The lowest BCUT2D eigenvalue weighted by molar-refractivity contribution is -0.142. The van der Waals surface area contributed by atoms with Crippen molar-refractivity contribution in [1.82, 2.24) is 31.1 Å². The van der Waals surface area contributed by atoms with Crippen molar-refractivity contribution in [3.8, 4) is 0 Å². The van der Waals surface area contributed by atoms with E-state index in [2.05, 4.69) is 81.3 Å². The predicted molar refractivity (Wildman–Crippen MR) is 217 cm³/mol. The molecule has 4 aliphatic carbocycles. The van der Waals surface area contributed by atoms with Gasteiger partial charge in [0.05, 0.1) is 12.6 Å². The molecule has 0 bridgehead atoms. The van der Waals surface area contributed by atoms with Crippen molar-refractivity contribution < 1.29 is 24.0 Å². The van der Waals surface area contributed by atoms with Crippen LogP contribution in [-0.2, 0) is 24.0 Å². The number of ketones is 1. The standard InChI is InChI=1S/C39H62N6O5.C5H12/c1-6-13-28(33(47)36(50)42-27-17-18-27)43-34(48)30-22-39(37(3,4)38(39)19-12-20-38)24-45(30)31(46)23-40-35(49)32(26-14-8-7-9-15-26)41-25(2)29-16-10-11-21-44(29)5;1-5(2,3)4/h26-30,32,41H,2,6-24H2,1,3-5H3,(H,40,49)(H,42,50)(H,43,48);1-4H3/t28-,29+,30-,32?,39+;/m0./s1. The molecule has 4 saturated carbocycles. The number of amides is 4. The van der Waals surface area contributed by atoms with Crippen molar-refractivity contribution in [2.75, 3.05) is 26.7 Å². The molecule has 6 fully saturated rings. The number of carbonyl (C=O) groups excluding carboxylic acids is 5. The summed E-state index contributed by atoms with van der Waals surface area (Å²) in [7, 11) is 2.11. The van der Waals surface area contributed by atoms with E-state index in [1.165, 1.54) is 6.42 Å². The Morgan fingerprint density at radius 3 is 2.02 bits per heavy atom. The molecule has 4 N–H and O–H groups in total. The van der Waals surface area contributed by atoms with Crippen LogP contribution >= 0.6 is 0 Å². The summed E-state index contributed by atoms with van der Waals surface area (Å²) in [5.41, 5.74) is 1.25. The summed E-state index contributed by atoms with van der Waals surface area (Å²) in [6.07, 6.45) is 15.1. The van der Waals surface area contributed by atoms with Gasteiger partial charge in [0, 0.05) is 29.7 Å². The first kappa shape index (κ1) is 43.2. The smallest absolute Gasteiger partial charge is 0.289 e. The zero-order valence-corrected chi connectivity index (χ0v) is 35.5. The number of Topliss-reactive ketones (excluding diaryl/α,β-unsaturated/α-hetero) is 1. The predicted octanol–water partition coefficient (Wildman–Crippen LogP) is 5.62. The van der Waals surface area contributed by atoms with Gasteiger partial charge in [-0.05, 0) is 100.0 Å². The lowest BCUT2D eigenvalue weighted by Gasteiger charge is -2.37. The van der Waals surface area contributed by atoms with E-state index in [0.717, 1.165) is 89.3 Å². The third-order valence-electron chi connectivity index (χ3n) is 14.1. The van der Waals surface area contributed by atoms with Crippen molar-refractivity contribution in [3.05, 3.63) is 12.3 Å². The van der Waals surface area contributed by atoms with Gasteiger partial charge in [0.25, 0.3) is 5.91 Å². The molecule has 11 heteroatoms. The summed E-state index contributed by atoms with van der Waals surface area (Å²) in [5.74, 6) is -1.99. The molecule has 1 unspecified atom stereocenters. The Bertz CT molecular complexity index is 1430. The van der Waals surface area contributed by atoms with E-state index < -0.39 is 29.8 Å². The highest BCUT2D eigenvalue weighted by Crippen LogP contribution is 2.88. The van der Waals surface area contributed by atoms with Crippen LogP contribution in [0.4, 0.5) is 0 Å². The number of rotatable bonds is 14. The normalized spacial score (nSPS) is 28.2. The number of likely N-dealkylation sites (N-methyl/N-ethyl adjacent to an activating group) is 1. The molecule has 2 heterocycles. The summed E-state index contributed by atoms with van der Waals surface area (Å²) in [6, 6.07) is -1.97. The number of carbonyl (C=O) groups is 5. The Balaban J connectivity index is 0.00000109. The molecule has 6 aliphatic rings. The minimum Gasteiger partial charge on any atom is -0.376 e. The Morgan fingerprint density at radius 1 is 0.836 bits per heavy atom. The van der Waals surface area contributed by atoms with Gasteiger partial charge in [-0.2, -0.15) is 0 Å². The minimum absolute atomic E-state index is 0.0273. The number of nitrogens with zero attached hydrogens (tertiary/aromatic N) is 2. The van der Waals surface area contributed by atoms with Crippen molar-refractivity contribution in [2.45, 2.75) is 181 Å². The number of fused-ring (bicyclic) bond motifs is 1. The van der Waals surface area contributed by atoms with Gasteiger partial charge < -0.3 is 26.2 Å². The summed E-state index contributed by atoms with van der Waals surface area (Å²) in [5, 5.41) is 12.2. The molecule has 2 spiro atoms. The molecule has 55 heavy (non-hydrogen) atoms. The van der Waals surface area contributed by atoms with E-state index in [1.807, 2.05) is 6.92 Å². The second-order valence-electron chi connectivity index (χ2n) is 20.1. The van der Waals surface area contributed by atoms with Gasteiger partial charge in [0.15, 0.2) is 0 Å². The van der Waals surface area contributed by atoms with E-state index in [4.69, 9.17) is 0 Å². The molecular weight excluding hydrogens is 693 g/mol. The van der Waals surface area contributed by atoms with Crippen molar-refractivity contribution >= 4 is 29.4 Å². The lowest BCUT2D eigenvalue weighted by atomic mass is 9.73. The molecule has 5 atom stereocenters. The second kappa shape index (κ2) is 17.3. The number of hydrogen-bond acceptors (Lipinski definition) is 7. The number of likely N-dealkylation sites (tertiary alicyclic amines) is 2. The Kier molecular flexibility index (Phi) is 13.6. The highest BCUT2D eigenvalue weighted by atomic mass is 16.2. The number of piperidine rings is 1. The third-order valence-corrected chi connectivity index (χ3v) is 14.1. The Hall–Kier alpha value is -2.95. The average molecular weight is 767 g/mol. The molecule has 0 aromatic carbocycles. The molecule has 0 aromatic heterocycles. The average Bonchev–Trinajstić information content (AvgIpc) is 3.93. The first-order valence-electron chi connectivity index (χ1n) is 21.7. The maximum atomic E-state index is 14.2. The van der Waals surface area contributed by atoms with Crippen molar-refractivity contribution in [3.63, 3.8) is 0 Å². The fourth-order valence-corrected chi connectivity index (χ4v) is 10.6. The first-order valence-corrected chi connectivity index (χ1v) is 21.7. The quantitative estimate of drug-likeness (QED) is 0.168. The maximum Gasteiger partial charge on any atom is 0.289 e. The summed E-state index contributed by atoms with van der Waals surface area (Å²) < 4.78 is 0. The second-order valence-corrected chi connectivity index (χ2v) is 20.1. The van der Waals surface area contributed by atoms with Crippen LogP contribution in [0.5, 0.6) is 0 Å². The molecule has 0 aromatic rings. The van der Waals surface area contributed by atoms with Gasteiger partial charge >= 0.3 is 0 Å². The summed E-state index contributed by atoms with van der Waals surface area (Å²) >= 11 is 0. The van der Waals surface area contributed by atoms with Crippen LogP contribution < -0.4 is 21.3 Å². The van der Waals surface area contributed by atoms with Crippen LogP contribution in [0.3, 0.4) is 0 Å². The largest absolute Gasteiger partial charge is 0.376 e. The van der Waals surface area contributed by atoms with Crippen molar-refractivity contribution in [2.24, 2.45) is 27.6 Å². The zero-order valence-electron chi connectivity index (χ0n) is 35.5. The van der Waals surface area contributed by atoms with Crippen LogP contribution in [0.2, 0.25) is 0 Å². The van der Waals surface area contributed by atoms with Crippen molar-refractivity contribution in [1.29, 1.82) is 0 Å². The van der Waals surface area contributed by atoms with E-state index in [0.29, 0.717) is 31.2 Å². The van der Waals surface area contributed by atoms with Crippen LogP contribution in [-0.4, -0.2) is 96.1 Å². The Morgan fingerprint density at radius 2 is 1.47 bits per heavy atom. The van der Waals surface area contributed by atoms with Gasteiger partial charge in [0.2, 0.25) is 23.5 Å². The SMILES string of the molecule is C=C(NC(C(=O)NCC(=O)N1C[C@]2(C[C@H]1C(=O)N[C@@H](CCC)C(=O)C(=O)NC1CC1)C(C)(C)C21CCC1)C1CCCCC1)[C@H]1CCCCN1C.CC(C)(C)C. The molecule has 11 nitrogen and oxygen atoms in total. The van der Waals surface area contributed by atoms with E-state index in [9.17, 15) is 24.0 Å². The van der Waals surface area contributed by atoms with Gasteiger partial charge in [-0.3, -0.25) is 28.9 Å². The van der Waals surface area contributed by atoms with E-state index >= 15 is 0 Å². The highest BCUT2D eigenvalue weighted by Gasteiger charge is 2.85. The monoisotopic (exact) mass is 767 g/mol. The zero-order chi connectivity index (χ0) is 40.3. The molecule has 310 valence electrons. The van der Waals surface area contributed by atoms with Gasteiger partial charge in [-0.15, -0.1) is 0 Å². The minimum atomic E-state index is -0.942. The first-order chi connectivity index (χ1) is 25.9. The van der Waals surface area contributed by atoms with Gasteiger partial charge in [-0.25, -0.2) is 0 Å². The molecular formula is C44H74N6O5. The fraction of sp³-hybridized carbons (Fsp3) is 0.841. The topological polar surface area (TPSA) is 140 Å². The molecule has 2 aliphatic heterocycles. The molecule has 6 rings (SSSR count). The van der Waals surface area contributed by atoms with E-state index in [-0.39, 0.29) is 58.5 Å². The summed E-state index contributed by atoms with van der Waals surface area (Å²) in [4.78, 5) is 72.0. The van der Waals surface area contributed by atoms with Crippen LogP contribution in [0.1, 0.15) is 151 Å².